The third kappa shape index (κ3) is 3.81. The summed E-state index contributed by atoms with van der Waals surface area (Å²) in [6, 6.07) is 12.6. The van der Waals surface area contributed by atoms with E-state index in [1.165, 1.54) is 42.6 Å². The number of fused-ring (bicyclic) bond motifs is 1. The van der Waals surface area contributed by atoms with Gasteiger partial charge >= 0.3 is 0 Å². The second-order valence-corrected chi connectivity index (χ2v) is 9.33. The molecule has 2 aromatic heterocycles. The molecule has 0 unspecified atom stereocenters. The molecule has 0 aliphatic carbocycles. The van der Waals surface area contributed by atoms with Crippen LogP contribution in [-0.4, -0.2) is 27.6 Å². The van der Waals surface area contributed by atoms with Crippen LogP contribution in [0.25, 0.3) is 32.7 Å². The van der Waals surface area contributed by atoms with Crippen LogP contribution in [0.2, 0.25) is 0 Å². The van der Waals surface area contributed by atoms with Crippen molar-refractivity contribution in [1.29, 1.82) is 0 Å². The summed E-state index contributed by atoms with van der Waals surface area (Å²) in [4.78, 5) is 13.5. The number of nitrogens with one attached hydrogen (secondary N) is 2. The molecule has 1 amide bonds. The average Bonchev–Trinajstić information content (AvgIpc) is 3.33. The summed E-state index contributed by atoms with van der Waals surface area (Å²) < 4.78 is 45.7. The molecule has 0 saturated carbocycles. The Hall–Kier alpha value is -3.17. The number of halogens is 1. The summed E-state index contributed by atoms with van der Waals surface area (Å²) in [5.41, 5.74) is 2.12. The van der Waals surface area contributed by atoms with Crippen molar-refractivity contribution in [3.8, 4) is 21.8 Å². The van der Waals surface area contributed by atoms with Crippen LogP contribution in [0.15, 0.2) is 58.3 Å². The lowest BCUT2D eigenvalue weighted by Gasteiger charge is -2.10. The van der Waals surface area contributed by atoms with E-state index < -0.39 is 15.8 Å². The summed E-state index contributed by atoms with van der Waals surface area (Å²) in [6.45, 7) is 0. The fourth-order valence-electron chi connectivity index (χ4n) is 3.22. The van der Waals surface area contributed by atoms with Gasteiger partial charge in [0.05, 0.1) is 17.5 Å². The molecule has 0 saturated heterocycles. The Kier molecular flexibility index (Phi) is 5.08. The van der Waals surface area contributed by atoms with Crippen molar-refractivity contribution >= 4 is 43.9 Å². The highest BCUT2D eigenvalue weighted by Gasteiger charge is 2.24. The Morgan fingerprint density at radius 3 is 2.47 bits per heavy atom. The molecule has 2 N–H and O–H groups in total. The van der Waals surface area contributed by atoms with E-state index in [0.717, 1.165) is 11.1 Å². The summed E-state index contributed by atoms with van der Waals surface area (Å²) in [5.74, 6) is -0.497. The number of furan rings is 1. The van der Waals surface area contributed by atoms with Crippen LogP contribution in [0.1, 0.15) is 10.4 Å². The van der Waals surface area contributed by atoms with Gasteiger partial charge in [-0.2, -0.15) is 0 Å². The Morgan fingerprint density at radius 2 is 1.87 bits per heavy atom. The molecule has 2 heterocycles. The van der Waals surface area contributed by atoms with Crippen LogP contribution in [-0.2, 0) is 10.0 Å². The minimum atomic E-state index is -3.55. The molecule has 6 nitrogen and oxygen atoms in total. The molecule has 0 bridgehead atoms. The zero-order valence-electron chi connectivity index (χ0n) is 16.0. The van der Waals surface area contributed by atoms with Crippen molar-refractivity contribution in [3.63, 3.8) is 0 Å². The maximum absolute atomic E-state index is 13.4. The van der Waals surface area contributed by atoms with Crippen LogP contribution < -0.4 is 10.0 Å². The fraction of sp³-hybridized carbons (Fsp3) is 0.0952. The molecule has 0 radical (unpaired) electrons. The van der Waals surface area contributed by atoms with E-state index in [2.05, 4.69) is 10.0 Å². The van der Waals surface area contributed by atoms with E-state index in [4.69, 9.17) is 4.42 Å². The van der Waals surface area contributed by atoms with Gasteiger partial charge in [0.25, 0.3) is 5.91 Å². The number of carbonyl (C=O) groups is 1. The number of rotatable bonds is 5. The maximum Gasteiger partial charge on any atom is 0.255 e. The Morgan fingerprint density at radius 1 is 1.13 bits per heavy atom. The van der Waals surface area contributed by atoms with Crippen molar-refractivity contribution in [2.75, 3.05) is 18.0 Å². The predicted octanol–water partition coefficient (Wildman–Crippen LogP) is 4.70. The van der Waals surface area contributed by atoms with E-state index in [9.17, 15) is 17.6 Å². The summed E-state index contributed by atoms with van der Waals surface area (Å²) in [7, 11) is -2.04. The summed E-state index contributed by atoms with van der Waals surface area (Å²) in [6.07, 6.45) is 1.07. The van der Waals surface area contributed by atoms with Crippen LogP contribution >= 0.6 is 11.3 Å². The van der Waals surface area contributed by atoms with Crippen molar-refractivity contribution in [3.05, 3.63) is 65.3 Å². The van der Waals surface area contributed by atoms with E-state index in [-0.39, 0.29) is 11.7 Å². The van der Waals surface area contributed by atoms with Crippen molar-refractivity contribution in [2.45, 2.75) is 0 Å². The third-order valence-electron chi connectivity index (χ3n) is 4.47. The second-order valence-electron chi connectivity index (χ2n) is 6.64. The molecule has 30 heavy (non-hydrogen) atoms. The lowest BCUT2D eigenvalue weighted by molar-refractivity contribution is 0.0964. The Balaban J connectivity index is 2.03. The average molecular weight is 445 g/mol. The Bertz CT molecular complexity index is 1340. The topological polar surface area (TPSA) is 88.4 Å². The molecule has 0 aliphatic rings. The maximum atomic E-state index is 13.4. The predicted molar refractivity (Wildman–Crippen MR) is 117 cm³/mol. The number of hydrogen-bond donors (Lipinski definition) is 2. The Labute approximate surface area is 176 Å². The van der Waals surface area contributed by atoms with Gasteiger partial charge in [-0.05, 0) is 41.8 Å². The largest absolute Gasteiger partial charge is 0.455 e. The van der Waals surface area contributed by atoms with Crippen molar-refractivity contribution < 1.29 is 22.0 Å². The van der Waals surface area contributed by atoms with Crippen molar-refractivity contribution in [2.24, 2.45) is 0 Å². The standard InChI is InChI=1S/C21H17FN2O4S2/c1-23-21(25)19-15-10-14(18-4-3-9-29-18)16(24-30(2,26)27)11-17(15)28-20(19)12-5-7-13(22)8-6-12/h3-11,24H,1-2H3,(H,23,25). The normalized spacial score (nSPS) is 11.6. The van der Waals surface area contributed by atoms with Crippen molar-refractivity contribution in [1.82, 2.24) is 5.32 Å². The molecule has 2 aromatic carbocycles. The van der Waals surface area contributed by atoms with E-state index in [1.807, 2.05) is 17.5 Å². The highest BCUT2D eigenvalue weighted by molar-refractivity contribution is 7.92. The molecule has 0 fully saturated rings. The first kappa shape index (κ1) is 20.1. The number of thiophene rings is 1. The lowest BCUT2D eigenvalue weighted by Crippen LogP contribution is -2.18. The molecule has 154 valence electrons. The first-order valence-electron chi connectivity index (χ1n) is 8.87. The summed E-state index contributed by atoms with van der Waals surface area (Å²) >= 11 is 1.44. The monoisotopic (exact) mass is 444 g/mol. The second kappa shape index (κ2) is 7.58. The van der Waals surface area contributed by atoms with Crippen LogP contribution in [0, 0.1) is 5.82 Å². The minimum absolute atomic E-state index is 0.276. The van der Waals surface area contributed by atoms with Crippen LogP contribution in [0.4, 0.5) is 10.1 Å². The van der Waals surface area contributed by atoms with Gasteiger partial charge in [0.15, 0.2) is 0 Å². The molecular weight excluding hydrogens is 427 g/mol. The number of benzene rings is 2. The number of hydrogen-bond acceptors (Lipinski definition) is 5. The first-order valence-corrected chi connectivity index (χ1v) is 11.6. The molecule has 4 aromatic rings. The van der Waals surface area contributed by atoms with Gasteiger partial charge in [-0.3, -0.25) is 9.52 Å². The van der Waals surface area contributed by atoms with Gasteiger partial charge in [-0.15, -0.1) is 11.3 Å². The number of amides is 1. The number of carbonyl (C=O) groups excluding carboxylic acids is 1. The van der Waals surface area contributed by atoms with E-state index in [1.54, 1.807) is 12.1 Å². The molecule has 9 heteroatoms. The quantitative estimate of drug-likeness (QED) is 0.467. The number of anilines is 1. The van der Waals surface area contributed by atoms with Crippen LogP contribution in [0.5, 0.6) is 0 Å². The highest BCUT2D eigenvalue weighted by atomic mass is 32.2. The zero-order valence-corrected chi connectivity index (χ0v) is 17.7. The van der Waals surface area contributed by atoms with Gasteiger partial charge < -0.3 is 9.73 Å². The minimum Gasteiger partial charge on any atom is -0.455 e. The molecular formula is C21H17FN2O4S2. The van der Waals surface area contributed by atoms with Gasteiger partial charge in [-0.1, -0.05) is 6.07 Å². The van der Waals surface area contributed by atoms with Crippen LogP contribution in [0.3, 0.4) is 0 Å². The lowest BCUT2D eigenvalue weighted by atomic mass is 10.0. The molecule has 4 rings (SSSR count). The SMILES string of the molecule is CNC(=O)c1c(-c2ccc(F)cc2)oc2cc(NS(C)(=O)=O)c(-c3cccs3)cc12. The fourth-order valence-corrected chi connectivity index (χ4v) is 4.54. The number of sulfonamides is 1. The van der Waals surface area contributed by atoms with Gasteiger partial charge in [0.2, 0.25) is 10.0 Å². The molecule has 0 atom stereocenters. The van der Waals surface area contributed by atoms with E-state index >= 15 is 0 Å². The summed E-state index contributed by atoms with van der Waals surface area (Å²) in [5, 5.41) is 5.01. The third-order valence-corrected chi connectivity index (χ3v) is 5.96. The van der Waals surface area contributed by atoms with Gasteiger partial charge in [0.1, 0.15) is 17.2 Å². The molecule has 0 spiro atoms. The molecule has 0 aliphatic heterocycles. The zero-order chi connectivity index (χ0) is 21.5. The van der Waals surface area contributed by atoms with E-state index in [0.29, 0.717) is 33.3 Å². The van der Waals surface area contributed by atoms with Gasteiger partial charge in [0, 0.05) is 34.5 Å². The first-order chi connectivity index (χ1) is 14.3. The smallest absolute Gasteiger partial charge is 0.255 e. The highest BCUT2D eigenvalue weighted by Crippen LogP contribution is 2.41. The van der Waals surface area contributed by atoms with Gasteiger partial charge in [-0.25, -0.2) is 12.8 Å².